The van der Waals surface area contributed by atoms with Gasteiger partial charge in [0.1, 0.15) is 10.7 Å². The van der Waals surface area contributed by atoms with E-state index in [0.717, 1.165) is 38.2 Å². The van der Waals surface area contributed by atoms with Crippen LogP contribution in [0, 0.1) is 5.82 Å². The minimum absolute atomic E-state index is 0.0594. The third kappa shape index (κ3) is 2.34. The van der Waals surface area contributed by atoms with E-state index in [4.69, 9.17) is 0 Å². The number of fused-ring (bicyclic) bond motifs is 1. The van der Waals surface area contributed by atoms with Crippen LogP contribution in [0.15, 0.2) is 23.4 Å². The normalized spacial score (nSPS) is 28.5. The molecule has 2 aliphatic rings. The average Bonchev–Trinajstić information content (AvgIpc) is 2.84. The monoisotopic (exact) mass is 299 g/mol. The summed E-state index contributed by atoms with van der Waals surface area (Å²) in [5.41, 5.74) is 0. The first-order valence-corrected chi connectivity index (χ1v) is 8.29. The molecule has 20 heavy (non-hydrogen) atoms. The Kier molecular flexibility index (Phi) is 3.51. The molecular formula is C13H18FN3O2S. The van der Waals surface area contributed by atoms with Gasteiger partial charge in [0.15, 0.2) is 0 Å². The Morgan fingerprint density at radius 1 is 1.35 bits per heavy atom. The minimum atomic E-state index is -3.67. The van der Waals surface area contributed by atoms with Gasteiger partial charge in [-0.2, -0.15) is 4.31 Å². The molecule has 1 aromatic heterocycles. The van der Waals surface area contributed by atoms with Crippen molar-refractivity contribution in [2.24, 2.45) is 0 Å². The first kappa shape index (κ1) is 13.9. The molecule has 5 nitrogen and oxygen atoms in total. The number of sulfonamides is 1. The summed E-state index contributed by atoms with van der Waals surface area (Å²) < 4.78 is 40.0. The molecule has 110 valence electrons. The van der Waals surface area contributed by atoms with Crippen LogP contribution in [0.2, 0.25) is 0 Å². The fourth-order valence-electron chi connectivity index (χ4n) is 3.16. The van der Waals surface area contributed by atoms with Crippen LogP contribution in [-0.2, 0) is 10.0 Å². The van der Waals surface area contributed by atoms with Crippen LogP contribution < -0.4 is 0 Å². The fraction of sp³-hybridized carbons (Fsp3) is 0.615. The van der Waals surface area contributed by atoms with E-state index >= 15 is 0 Å². The van der Waals surface area contributed by atoms with Crippen LogP contribution in [0.4, 0.5) is 4.39 Å². The van der Waals surface area contributed by atoms with Crippen molar-refractivity contribution >= 4 is 10.0 Å². The van der Waals surface area contributed by atoms with Gasteiger partial charge >= 0.3 is 0 Å². The Balaban J connectivity index is 1.90. The molecule has 7 heteroatoms. The second-order valence-corrected chi connectivity index (χ2v) is 7.44. The number of pyridine rings is 1. The third-order valence-corrected chi connectivity index (χ3v) is 6.11. The van der Waals surface area contributed by atoms with Crippen molar-refractivity contribution in [1.29, 1.82) is 0 Å². The van der Waals surface area contributed by atoms with E-state index in [1.54, 1.807) is 0 Å². The van der Waals surface area contributed by atoms with E-state index in [1.807, 2.05) is 6.92 Å². The maximum Gasteiger partial charge on any atom is 0.245 e. The zero-order chi connectivity index (χ0) is 14.3. The summed E-state index contributed by atoms with van der Waals surface area (Å²) in [6.07, 6.45) is 4.37. The first-order chi connectivity index (χ1) is 9.48. The van der Waals surface area contributed by atoms with Crippen LogP contribution in [0.3, 0.4) is 0 Å². The molecule has 1 aromatic rings. The van der Waals surface area contributed by atoms with Gasteiger partial charge in [-0.15, -0.1) is 0 Å². The molecule has 0 radical (unpaired) electrons. The number of hydrogen-bond acceptors (Lipinski definition) is 4. The highest BCUT2D eigenvalue weighted by Crippen LogP contribution is 2.28. The van der Waals surface area contributed by atoms with E-state index in [0.29, 0.717) is 12.6 Å². The highest BCUT2D eigenvalue weighted by molar-refractivity contribution is 7.89. The molecule has 0 amide bonds. The zero-order valence-corrected chi connectivity index (χ0v) is 12.2. The molecule has 2 unspecified atom stereocenters. The third-order valence-electron chi connectivity index (χ3n) is 4.17. The number of aromatic nitrogens is 1. The molecule has 2 atom stereocenters. The van der Waals surface area contributed by atoms with Gasteiger partial charge in [-0.25, -0.2) is 12.8 Å². The number of piperazine rings is 1. The van der Waals surface area contributed by atoms with Gasteiger partial charge in [-0.05, 0) is 32.4 Å². The van der Waals surface area contributed by atoms with E-state index in [1.165, 1.54) is 10.5 Å². The Morgan fingerprint density at radius 3 is 2.90 bits per heavy atom. The molecule has 0 N–H and O–H groups in total. The zero-order valence-electron chi connectivity index (χ0n) is 11.4. The van der Waals surface area contributed by atoms with Crippen molar-refractivity contribution in [2.75, 3.05) is 19.6 Å². The molecule has 0 aromatic carbocycles. The van der Waals surface area contributed by atoms with Crippen molar-refractivity contribution < 1.29 is 12.8 Å². The van der Waals surface area contributed by atoms with Crippen molar-refractivity contribution in [3.63, 3.8) is 0 Å². The Hall–Kier alpha value is -1.05. The molecule has 0 aliphatic carbocycles. The maximum atomic E-state index is 13.2. The van der Waals surface area contributed by atoms with Gasteiger partial charge < -0.3 is 0 Å². The van der Waals surface area contributed by atoms with Crippen LogP contribution in [0.5, 0.6) is 0 Å². The SMILES string of the molecule is CC1CN2CCCC2CN1S(=O)(=O)c1cncc(F)c1. The number of rotatable bonds is 2. The lowest BCUT2D eigenvalue weighted by Gasteiger charge is -2.41. The van der Waals surface area contributed by atoms with E-state index < -0.39 is 15.8 Å². The summed E-state index contributed by atoms with van der Waals surface area (Å²) in [5.74, 6) is -0.627. The summed E-state index contributed by atoms with van der Waals surface area (Å²) in [6.45, 7) is 4.18. The van der Waals surface area contributed by atoms with Gasteiger partial charge in [0.05, 0.1) is 6.20 Å². The first-order valence-electron chi connectivity index (χ1n) is 6.85. The molecular weight excluding hydrogens is 281 g/mol. The Bertz CT molecular complexity index is 607. The summed E-state index contributed by atoms with van der Waals surface area (Å²) in [5, 5.41) is 0. The molecule has 0 saturated carbocycles. The lowest BCUT2D eigenvalue weighted by atomic mass is 10.1. The van der Waals surface area contributed by atoms with E-state index in [2.05, 4.69) is 9.88 Å². The van der Waals surface area contributed by atoms with Crippen molar-refractivity contribution in [3.8, 4) is 0 Å². The fourth-order valence-corrected chi connectivity index (χ4v) is 4.80. The number of nitrogens with zero attached hydrogens (tertiary/aromatic N) is 3. The molecule has 2 aliphatic heterocycles. The summed E-state index contributed by atoms with van der Waals surface area (Å²) in [4.78, 5) is 5.93. The lowest BCUT2D eigenvalue weighted by molar-refractivity contribution is 0.117. The average molecular weight is 299 g/mol. The van der Waals surface area contributed by atoms with Crippen molar-refractivity contribution in [1.82, 2.24) is 14.2 Å². The van der Waals surface area contributed by atoms with Crippen LogP contribution in [0.1, 0.15) is 19.8 Å². The van der Waals surface area contributed by atoms with E-state index in [-0.39, 0.29) is 10.9 Å². The van der Waals surface area contributed by atoms with Crippen molar-refractivity contribution in [3.05, 3.63) is 24.3 Å². The predicted octanol–water partition coefficient (Wildman–Crippen LogP) is 1.08. The molecule has 3 heterocycles. The highest BCUT2D eigenvalue weighted by atomic mass is 32.2. The lowest BCUT2D eigenvalue weighted by Crippen LogP contribution is -2.56. The largest absolute Gasteiger partial charge is 0.297 e. The van der Waals surface area contributed by atoms with Crippen LogP contribution >= 0.6 is 0 Å². The van der Waals surface area contributed by atoms with Crippen molar-refractivity contribution in [2.45, 2.75) is 36.7 Å². The van der Waals surface area contributed by atoms with Gasteiger partial charge in [0.25, 0.3) is 0 Å². The van der Waals surface area contributed by atoms with Crippen LogP contribution in [0.25, 0.3) is 0 Å². The summed E-state index contributed by atoms with van der Waals surface area (Å²) in [7, 11) is -3.67. The Labute approximate surface area is 118 Å². The smallest absolute Gasteiger partial charge is 0.245 e. The summed E-state index contributed by atoms with van der Waals surface area (Å²) >= 11 is 0. The van der Waals surface area contributed by atoms with E-state index in [9.17, 15) is 12.8 Å². The molecule has 2 saturated heterocycles. The molecule has 0 spiro atoms. The van der Waals surface area contributed by atoms with Crippen LogP contribution in [-0.4, -0.2) is 54.3 Å². The predicted molar refractivity (Wildman–Crippen MR) is 72.1 cm³/mol. The van der Waals surface area contributed by atoms with Gasteiger partial charge in [-0.1, -0.05) is 0 Å². The standard InChI is InChI=1S/C13H18FN3O2S/c1-10-8-16-4-2-3-12(16)9-17(10)20(18,19)13-5-11(14)6-15-7-13/h5-7,10,12H,2-4,8-9H2,1H3. The quantitative estimate of drug-likeness (QED) is 0.820. The maximum absolute atomic E-state index is 13.2. The van der Waals surface area contributed by atoms with Gasteiger partial charge in [0.2, 0.25) is 10.0 Å². The summed E-state index contributed by atoms with van der Waals surface area (Å²) in [6, 6.07) is 1.23. The second kappa shape index (κ2) is 5.05. The topological polar surface area (TPSA) is 53.5 Å². The second-order valence-electron chi connectivity index (χ2n) is 5.55. The molecule has 3 rings (SSSR count). The Morgan fingerprint density at radius 2 is 2.15 bits per heavy atom. The number of halogens is 1. The molecule has 2 fully saturated rings. The van der Waals surface area contributed by atoms with Gasteiger partial charge in [-0.3, -0.25) is 9.88 Å². The highest BCUT2D eigenvalue weighted by Gasteiger charge is 2.40. The molecule has 0 bridgehead atoms. The minimum Gasteiger partial charge on any atom is -0.297 e. The van der Waals surface area contributed by atoms with Gasteiger partial charge in [0, 0.05) is 31.4 Å². The number of hydrogen-bond donors (Lipinski definition) is 0.